The van der Waals surface area contributed by atoms with Crippen LogP contribution in [0.25, 0.3) is 6.08 Å². The normalized spacial score (nSPS) is 10.4. The third kappa shape index (κ3) is 5.66. The average molecular weight is 422 g/mol. The van der Waals surface area contributed by atoms with Crippen LogP contribution >= 0.6 is 23.8 Å². The standard InChI is InChI=1S/C18H16ClN3O5S/c1-26-15-7-3-11(9-16(15)27-2)4-8-17(23)21-18(28)20-13-6-5-12(19)10-14(13)22(24)25/h3-10H,1-2H3,(H2,20,21,23,28)/b8-4+. The molecule has 2 N–H and O–H groups in total. The summed E-state index contributed by atoms with van der Waals surface area (Å²) in [6.45, 7) is 0. The van der Waals surface area contributed by atoms with Gasteiger partial charge in [-0.3, -0.25) is 20.2 Å². The number of rotatable bonds is 6. The van der Waals surface area contributed by atoms with E-state index in [9.17, 15) is 14.9 Å². The van der Waals surface area contributed by atoms with Crippen LogP contribution in [0.2, 0.25) is 5.02 Å². The first-order valence-corrected chi connectivity index (χ1v) is 8.58. The average Bonchev–Trinajstić information content (AvgIpc) is 2.67. The van der Waals surface area contributed by atoms with Crippen molar-refractivity contribution in [2.24, 2.45) is 0 Å². The molecule has 1 amide bonds. The molecule has 8 nitrogen and oxygen atoms in total. The molecule has 0 unspecified atom stereocenters. The van der Waals surface area contributed by atoms with E-state index in [4.69, 9.17) is 33.3 Å². The molecule has 0 saturated heterocycles. The summed E-state index contributed by atoms with van der Waals surface area (Å²) in [5.41, 5.74) is 0.563. The number of halogens is 1. The Morgan fingerprint density at radius 2 is 1.89 bits per heavy atom. The summed E-state index contributed by atoms with van der Waals surface area (Å²) in [4.78, 5) is 22.5. The number of nitro benzene ring substituents is 1. The second-order valence-corrected chi connectivity index (χ2v) is 6.15. The van der Waals surface area contributed by atoms with Crippen molar-refractivity contribution in [3.8, 4) is 11.5 Å². The van der Waals surface area contributed by atoms with E-state index in [0.29, 0.717) is 17.1 Å². The van der Waals surface area contributed by atoms with E-state index in [1.807, 2.05) is 0 Å². The summed E-state index contributed by atoms with van der Waals surface area (Å²) in [6.07, 6.45) is 2.83. The number of nitrogens with one attached hydrogen (secondary N) is 2. The van der Waals surface area contributed by atoms with Crippen molar-refractivity contribution in [1.82, 2.24) is 5.32 Å². The van der Waals surface area contributed by atoms with Gasteiger partial charge in [0.2, 0.25) is 5.91 Å². The minimum atomic E-state index is -0.602. The molecular formula is C18H16ClN3O5S. The summed E-state index contributed by atoms with van der Waals surface area (Å²) in [5, 5.41) is 16.2. The Hall–Kier alpha value is -3.17. The molecule has 0 aromatic heterocycles. The van der Waals surface area contributed by atoms with E-state index < -0.39 is 10.8 Å². The molecule has 0 spiro atoms. The predicted octanol–water partition coefficient (Wildman–Crippen LogP) is 3.79. The van der Waals surface area contributed by atoms with Crippen LogP contribution in [-0.4, -0.2) is 30.2 Å². The number of thiocarbonyl (C=S) groups is 1. The van der Waals surface area contributed by atoms with E-state index in [0.717, 1.165) is 0 Å². The van der Waals surface area contributed by atoms with E-state index >= 15 is 0 Å². The number of methoxy groups -OCH3 is 2. The summed E-state index contributed by atoms with van der Waals surface area (Å²) >= 11 is 10.8. The number of carbonyl (C=O) groups excluding carboxylic acids is 1. The highest BCUT2D eigenvalue weighted by Gasteiger charge is 2.15. The Labute approximate surface area is 171 Å². The number of benzene rings is 2. The van der Waals surface area contributed by atoms with Gasteiger partial charge in [-0.2, -0.15) is 0 Å². The molecule has 0 fully saturated rings. The molecule has 0 heterocycles. The number of carbonyl (C=O) groups is 1. The maximum absolute atomic E-state index is 12.0. The van der Waals surface area contributed by atoms with Gasteiger partial charge in [0.15, 0.2) is 16.6 Å². The Morgan fingerprint density at radius 3 is 2.54 bits per heavy atom. The number of nitrogens with zero attached hydrogens (tertiary/aromatic N) is 1. The minimum absolute atomic E-state index is 0.0904. The lowest BCUT2D eigenvalue weighted by molar-refractivity contribution is -0.383. The summed E-state index contributed by atoms with van der Waals surface area (Å²) in [6, 6.07) is 9.22. The van der Waals surface area contributed by atoms with Crippen LogP contribution in [0, 0.1) is 10.1 Å². The highest BCUT2D eigenvalue weighted by atomic mass is 35.5. The van der Waals surface area contributed by atoms with Gasteiger partial charge >= 0.3 is 0 Å². The molecule has 146 valence electrons. The van der Waals surface area contributed by atoms with Gasteiger partial charge < -0.3 is 14.8 Å². The van der Waals surface area contributed by atoms with Crippen molar-refractivity contribution in [2.45, 2.75) is 0 Å². The third-order valence-corrected chi connectivity index (χ3v) is 3.92. The Bertz CT molecular complexity index is 949. The topological polar surface area (TPSA) is 103 Å². The molecule has 0 radical (unpaired) electrons. The van der Waals surface area contributed by atoms with Crippen LogP contribution in [0.5, 0.6) is 11.5 Å². The van der Waals surface area contributed by atoms with E-state index in [1.54, 1.807) is 24.3 Å². The molecule has 10 heteroatoms. The van der Waals surface area contributed by atoms with Crippen LogP contribution < -0.4 is 20.1 Å². The SMILES string of the molecule is COc1ccc(/C=C/C(=O)NC(=S)Nc2ccc(Cl)cc2[N+](=O)[O-])cc1OC. The molecule has 0 aliphatic rings. The van der Waals surface area contributed by atoms with E-state index in [2.05, 4.69) is 10.6 Å². The zero-order chi connectivity index (χ0) is 20.7. The molecule has 0 atom stereocenters. The monoisotopic (exact) mass is 421 g/mol. The van der Waals surface area contributed by atoms with Crippen molar-refractivity contribution in [1.29, 1.82) is 0 Å². The fourth-order valence-electron chi connectivity index (χ4n) is 2.20. The largest absolute Gasteiger partial charge is 0.493 e. The second-order valence-electron chi connectivity index (χ2n) is 5.31. The maximum atomic E-state index is 12.0. The number of anilines is 1. The number of amides is 1. The van der Waals surface area contributed by atoms with Crippen LogP contribution in [0.1, 0.15) is 5.56 Å². The lowest BCUT2D eigenvalue weighted by atomic mass is 10.2. The first kappa shape index (κ1) is 21.1. The van der Waals surface area contributed by atoms with Crippen LogP contribution in [-0.2, 0) is 4.79 Å². The van der Waals surface area contributed by atoms with Gasteiger partial charge in [0, 0.05) is 17.2 Å². The van der Waals surface area contributed by atoms with Crippen LogP contribution in [0.3, 0.4) is 0 Å². The van der Waals surface area contributed by atoms with Crippen LogP contribution in [0.4, 0.5) is 11.4 Å². The van der Waals surface area contributed by atoms with Crippen molar-refractivity contribution in [3.05, 3.63) is 63.2 Å². The van der Waals surface area contributed by atoms with E-state index in [-0.39, 0.29) is 21.5 Å². The minimum Gasteiger partial charge on any atom is -0.493 e. The fraction of sp³-hybridized carbons (Fsp3) is 0.111. The number of hydrogen-bond acceptors (Lipinski definition) is 6. The van der Waals surface area contributed by atoms with Gasteiger partial charge in [-0.25, -0.2) is 0 Å². The fourth-order valence-corrected chi connectivity index (χ4v) is 2.57. The summed E-state index contributed by atoms with van der Waals surface area (Å²) in [7, 11) is 3.04. The number of hydrogen-bond donors (Lipinski definition) is 2. The van der Waals surface area contributed by atoms with Crippen molar-refractivity contribution in [2.75, 3.05) is 19.5 Å². The maximum Gasteiger partial charge on any atom is 0.294 e. The molecule has 28 heavy (non-hydrogen) atoms. The summed E-state index contributed by atoms with van der Waals surface area (Å²) in [5.74, 6) is 0.584. The Morgan fingerprint density at radius 1 is 1.18 bits per heavy atom. The molecule has 0 aliphatic heterocycles. The molecule has 2 aromatic rings. The Balaban J connectivity index is 2.02. The summed E-state index contributed by atoms with van der Waals surface area (Å²) < 4.78 is 10.3. The number of ether oxygens (including phenoxy) is 2. The molecule has 0 aliphatic carbocycles. The predicted molar refractivity (Wildman–Crippen MR) is 111 cm³/mol. The zero-order valence-corrected chi connectivity index (χ0v) is 16.5. The lowest BCUT2D eigenvalue weighted by Crippen LogP contribution is -2.33. The van der Waals surface area contributed by atoms with Gasteiger partial charge in [0.05, 0.1) is 19.1 Å². The smallest absolute Gasteiger partial charge is 0.294 e. The molecule has 0 saturated carbocycles. The Kier molecular flexibility index (Phi) is 7.30. The molecule has 2 aromatic carbocycles. The van der Waals surface area contributed by atoms with Gasteiger partial charge in [0.25, 0.3) is 5.69 Å². The highest BCUT2D eigenvalue weighted by molar-refractivity contribution is 7.80. The van der Waals surface area contributed by atoms with Gasteiger partial charge in [-0.05, 0) is 48.1 Å². The van der Waals surface area contributed by atoms with Crippen molar-refractivity contribution < 1.29 is 19.2 Å². The van der Waals surface area contributed by atoms with Gasteiger partial charge in [0.1, 0.15) is 5.69 Å². The highest BCUT2D eigenvalue weighted by Crippen LogP contribution is 2.28. The quantitative estimate of drug-likeness (QED) is 0.316. The van der Waals surface area contributed by atoms with Crippen molar-refractivity contribution >= 4 is 52.3 Å². The van der Waals surface area contributed by atoms with Gasteiger partial charge in [-0.1, -0.05) is 17.7 Å². The van der Waals surface area contributed by atoms with E-state index in [1.165, 1.54) is 38.5 Å². The zero-order valence-electron chi connectivity index (χ0n) is 14.9. The first-order valence-electron chi connectivity index (χ1n) is 7.80. The first-order chi connectivity index (χ1) is 13.3. The molecular weight excluding hydrogens is 406 g/mol. The van der Waals surface area contributed by atoms with Gasteiger partial charge in [-0.15, -0.1) is 0 Å². The van der Waals surface area contributed by atoms with Crippen LogP contribution in [0.15, 0.2) is 42.5 Å². The molecule has 0 bridgehead atoms. The number of nitro groups is 1. The third-order valence-electron chi connectivity index (χ3n) is 3.48. The second kappa shape index (κ2) is 9.67. The lowest BCUT2D eigenvalue weighted by Gasteiger charge is -2.09. The molecule has 2 rings (SSSR count). The van der Waals surface area contributed by atoms with Crippen molar-refractivity contribution in [3.63, 3.8) is 0 Å².